The smallest absolute Gasteiger partial charge is 0.343 e. The lowest BCUT2D eigenvalue weighted by Crippen LogP contribution is -2.41. The molecule has 4 rings (SSSR count). The van der Waals surface area contributed by atoms with Gasteiger partial charge in [-0.3, -0.25) is 4.79 Å². The van der Waals surface area contributed by atoms with Crippen LogP contribution in [0.3, 0.4) is 0 Å². The SMILES string of the molecule is COC(=O)C1(N=Nc2cc(-c3ccccc3)c(O)c(-c3ccccc3)c2)CCCC1=O. The van der Waals surface area contributed by atoms with Crippen molar-refractivity contribution in [3.63, 3.8) is 0 Å². The highest BCUT2D eigenvalue weighted by Gasteiger charge is 2.50. The van der Waals surface area contributed by atoms with Gasteiger partial charge in [-0.25, -0.2) is 4.79 Å². The van der Waals surface area contributed by atoms with Crippen molar-refractivity contribution in [2.75, 3.05) is 7.11 Å². The Morgan fingerprint density at radius 1 is 0.968 bits per heavy atom. The molecule has 0 amide bonds. The molecule has 3 aromatic rings. The quantitative estimate of drug-likeness (QED) is 0.340. The summed E-state index contributed by atoms with van der Waals surface area (Å²) >= 11 is 0. The van der Waals surface area contributed by atoms with Crippen LogP contribution in [0.15, 0.2) is 83.0 Å². The number of nitrogens with zero attached hydrogens (tertiary/aromatic N) is 2. The number of ketones is 1. The number of rotatable bonds is 5. The van der Waals surface area contributed by atoms with Gasteiger partial charge in [0.25, 0.3) is 0 Å². The summed E-state index contributed by atoms with van der Waals surface area (Å²) in [5.41, 5.74) is 1.63. The molecule has 0 aromatic heterocycles. The zero-order chi connectivity index (χ0) is 21.8. The first kappa shape index (κ1) is 20.5. The molecule has 1 N–H and O–H groups in total. The second kappa shape index (κ2) is 8.52. The topological polar surface area (TPSA) is 88.3 Å². The Kier molecular flexibility index (Phi) is 5.62. The van der Waals surface area contributed by atoms with E-state index in [1.54, 1.807) is 12.1 Å². The summed E-state index contributed by atoms with van der Waals surface area (Å²) < 4.78 is 4.85. The predicted octanol–water partition coefficient (Wildman–Crippen LogP) is 5.47. The fourth-order valence-electron chi connectivity index (χ4n) is 3.88. The lowest BCUT2D eigenvalue weighted by atomic mass is 9.96. The average molecular weight is 414 g/mol. The maximum absolute atomic E-state index is 12.5. The summed E-state index contributed by atoms with van der Waals surface area (Å²) in [5.74, 6) is -0.853. The number of phenolic OH excluding ortho intramolecular Hbond substituents is 1. The number of methoxy groups -OCH3 is 1. The van der Waals surface area contributed by atoms with E-state index in [4.69, 9.17) is 4.74 Å². The Labute approximate surface area is 180 Å². The molecule has 0 aliphatic heterocycles. The van der Waals surface area contributed by atoms with E-state index in [2.05, 4.69) is 10.2 Å². The Balaban J connectivity index is 1.85. The first-order valence-electron chi connectivity index (χ1n) is 10.1. The minimum atomic E-state index is -1.59. The van der Waals surface area contributed by atoms with Crippen molar-refractivity contribution in [3.05, 3.63) is 72.8 Å². The Hall–Kier alpha value is -3.80. The normalized spacial score (nSPS) is 18.4. The van der Waals surface area contributed by atoms with Crippen LogP contribution in [0.4, 0.5) is 5.69 Å². The van der Waals surface area contributed by atoms with Gasteiger partial charge in [0.1, 0.15) is 5.75 Å². The van der Waals surface area contributed by atoms with Gasteiger partial charge in [-0.2, -0.15) is 10.2 Å². The van der Waals surface area contributed by atoms with Crippen LogP contribution in [0.25, 0.3) is 22.3 Å². The van der Waals surface area contributed by atoms with Gasteiger partial charge in [-0.05, 0) is 36.1 Å². The summed E-state index contributed by atoms with van der Waals surface area (Å²) in [6.45, 7) is 0. The Bertz CT molecular complexity index is 1080. The van der Waals surface area contributed by atoms with Gasteiger partial charge >= 0.3 is 5.97 Å². The van der Waals surface area contributed by atoms with Crippen LogP contribution >= 0.6 is 0 Å². The lowest BCUT2D eigenvalue weighted by Gasteiger charge is -2.18. The third-order valence-corrected chi connectivity index (χ3v) is 5.53. The van der Waals surface area contributed by atoms with E-state index in [0.29, 0.717) is 23.2 Å². The molecule has 3 aromatic carbocycles. The molecular weight excluding hydrogens is 392 g/mol. The molecule has 0 heterocycles. The Morgan fingerprint density at radius 3 is 1.97 bits per heavy atom. The zero-order valence-electron chi connectivity index (χ0n) is 17.1. The maximum atomic E-state index is 12.5. The summed E-state index contributed by atoms with van der Waals surface area (Å²) in [4.78, 5) is 24.8. The van der Waals surface area contributed by atoms with E-state index in [0.717, 1.165) is 11.1 Å². The van der Waals surface area contributed by atoms with Crippen LogP contribution < -0.4 is 0 Å². The van der Waals surface area contributed by atoms with Crippen LogP contribution in [0.1, 0.15) is 19.3 Å². The molecule has 31 heavy (non-hydrogen) atoms. The van der Waals surface area contributed by atoms with E-state index in [1.165, 1.54) is 7.11 Å². The number of benzene rings is 3. The minimum Gasteiger partial charge on any atom is -0.507 e. The number of hydrogen-bond donors (Lipinski definition) is 1. The minimum absolute atomic E-state index is 0.121. The van der Waals surface area contributed by atoms with Gasteiger partial charge < -0.3 is 9.84 Å². The fraction of sp³-hybridized carbons (Fsp3) is 0.200. The summed E-state index contributed by atoms with van der Waals surface area (Å²) in [7, 11) is 1.24. The number of carbonyl (C=O) groups excluding carboxylic acids is 2. The molecule has 0 spiro atoms. The number of ether oxygens (including phenoxy) is 1. The van der Waals surface area contributed by atoms with Crippen LogP contribution in [0, 0.1) is 0 Å². The van der Waals surface area contributed by atoms with E-state index in [1.807, 2.05) is 60.7 Å². The number of esters is 1. The molecule has 1 unspecified atom stereocenters. The van der Waals surface area contributed by atoms with Gasteiger partial charge in [0.2, 0.25) is 5.54 Å². The first-order valence-corrected chi connectivity index (χ1v) is 10.1. The predicted molar refractivity (Wildman–Crippen MR) is 117 cm³/mol. The summed E-state index contributed by atoms with van der Waals surface area (Å²) in [5, 5.41) is 19.5. The second-order valence-corrected chi connectivity index (χ2v) is 7.45. The van der Waals surface area contributed by atoms with Gasteiger partial charge in [0, 0.05) is 17.5 Å². The lowest BCUT2D eigenvalue weighted by molar-refractivity contribution is -0.150. The van der Waals surface area contributed by atoms with Crippen molar-refractivity contribution in [1.82, 2.24) is 0 Å². The number of hydrogen-bond acceptors (Lipinski definition) is 6. The van der Waals surface area contributed by atoms with E-state index >= 15 is 0 Å². The maximum Gasteiger partial charge on any atom is 0.343 e. The standard InChI is InChI=1S/C25H22N2O4/c1-31-24(30)25(14-8-13-22(25)28)27-26-19-15-20(17-9-4-2-5-10-17)23(29)21(16-19)18-11-6-3-7-12-18/h2-7,9-12,15-16,29H,8,13-14H2,1H3. The van der Waals surface area contributed by atoms with Crippen molar-refractivity contribution >= 4 is 17.4 Å². The zero-order valence-corrected chi connectivity index (χ0v) is 17.1. The van der Waals surface area contributed by atoms with Crippen molar-refractivity contribution in [3.8, 4) is 28.0 Å². The average Bonchev–Trinajstić information content (AvgIpc) is 3.20. The van der Waals surface area contributed by atoms with Crippen LogP contribution in [0.5, 0.6) is 5.75 Å². The molecule has 156 valence electrons. The van der Waals surface area contributed by atoms with E-state index < -0.39 is 11.5 Å². The van der Waals surface area contributed by atoms with Crippen molar-refractivity contribution in [2.24, 2.45) is 10.2 Å². The van der Waals surface area contributed by atoms with E-state index in [9.17, 15) is 14.7 Å². The molecule has 1 aliphatic carbocycles. The molecule has 0 bridgehead atoms. The molecule has 1 fully saturated rings. The summed E-state index contributed by atoms with van der Waals surface area (Å²) in [6, 6.07) is 22.3. The van der Waals surface area contributed by atoms with E-state index in [-0.39, 0.29) is 24.4 Å². The number of phenols is 1. The molecule has 1 saturated carbocycles. The number of carbonyl (C=O) groups is 2. The van der Waals surface area contributed by atoms with Gasteiger partial charge in [-0.1, -0.05) is 60.7 Å². The molecule has 0 saturated heterocycles. The van der Waals surface area contributed by atoms with Gasteiger partial charge in [0.15, 0.2) is 5.78 Å². The third-order valence-electron chi connectivity index (χ3n) is 5.53. The number of aromatic hydroxyl groups is 1. The summed E-state index contributed by atoms with van der Waals surface area (Å²) in [6.07, 6.45) is 1.11. The Morgan fingerprint density at radius 2 is 1.52 bits per heavy atom. The number of Topliss-reactive ketones (excluding diaryl/α,β-unsaturated/α-hetero) is 1. The largest absolute Gasteiger partial charge is 0.507 e. The third kappa shape index (κ3) is 3.84. The molecule has 6 nitrogen and oxygen atoms in total. The highest BCUT2D eigenvalue weighted by molar-refractivity contribution is 6.10. The van der Waals surface area contributed by atoms with Gasteiger partial charge in [0.05, 0.1) is 12.8 Å². The first-order chi connectivity index (χ1) is 15.0. The second-order valence-electron chi connectivity index (χ2n) is 7.45. The highest BCUT2D eigenvalue weighted by Crippen LogP contribution is 2.42. The monoisotopic (exact) mass is 414 g/mol. The highest BCUT2D eigenvalue weighted by atomic mass is 16.5. The van der Waals surface area contributed by atoms with Crippen molar-refractivity contribution in [2.45, 2.75) is 24.8 Å². The molecule has 1 atom stereocenters. The molecular formula is C25H22N2O4. The molecule has 1 aliphatic rings. The van der Waals surface area contributed by atoms with Crippen LogP contribution in [0.2, 0.25) is 0 Å². The molecule has 6 heteroatoms. The van der Waals surface area contributed by atoms with Crippen molar-refractivity contribution in [1.29, 1.82) is 0 Å². The fourth-order valence-corrected chi connectivity index (χ4v) is 3.88. The van der Waals surface area contributed by atoms with Crippen molar-refractivity contribution < 1.29 is 19.4 Å². The van der Waals surface area contributed by atoms with Crippen LogP contribution in [-0.4, -0.2) is 29.5 Å². The van der Waals surface area contributed by atoms with Gasteiger partial charge in [-0.15, -0.1) is 0 Å². The van der Waals surface area contributed by atoms with Crippen LogP contribution in [-0.2, 0) is 14.3 Å². The molecule has 0 radical (unpaired) electrons. The number of azo groups is 1.